The Morgan fingerprint density at radius 2 is 2.05 bits per heavy atom. The Balaban J connectivity index is 2.10. The van der Waals surface area contributed by atoms with Crippen LogP contribution in [0.1, 0.15) is 42.1 Å². The summed E-state index contributed by atoms with van der Waals surface area (Å²) in [5.41, 5.74) is 4.24. The van der Waals surface area contributed by atoms with Crippen molar-refractivity contribution >= 4 is 27.3 Å². The quantitative estimate of drug-likeness (QED) is 0.849. The van der Waals surface area contributed by atoms with Gasteiger partial charge in [-0.3, -0.25) is 0 Å². The van der Waals surface area contributed by atoms with Crippen LogP contribution in [0.3, 0.4) is 0 Å². The number of nitrogens with one attached hydrogen (secondary N) is 1. The number of ether oxygens (including phenoxy) is 1. The predicted molar refractivity (Wildman–Crippen MR) is 87.5 cm³/mol. The van der Waals surface area contributed by atoms with E-state index in [0.29, 0.717) is 6.04 Å². The first-order valence-corrected chi connectivity index (χ1v) is 8.19. The van der Waals surface area contributed by atoms with Gasteiger partial charge in [-0.25, -0.2) is 4.98 Å². The van der Waals surface area contributed by atoms with Crippen molar-refractivity contribution < 1.29 is 4.74 Å². The van der Waals surface area contributed by atoms with Crippen molar-refractivity contribution in [3.63, 3.8) is 0 Å². The fourth-order valence-electron chi connectivity index (χ4n) is 2.23. The lowest BCUT2D eigenvalue weighted by molar-refractivity contribution is 0.411. The van der Waals surface area contributed by atoms with E-state index in [4.69, 9.17) is 4.74 Å². The highest BCUT2D eigenvalue weighted by Crippen LogP contribution is 2.29. The molecule has 0 radical (unpaired) electrons. The molecule has 1 N–H and O–H groups in total. The van der Waals surface area contributed by atoms with Gasteiger partial charge in [-0.1, -0.05) is 6.07 Å². The Kier molecular flexibility index (Phi) is 5.18. The number of nitrogens with zero attached hydrogens (tertiary/aromatic N) is 1. The molecular weight excluding hydrogens is 336 g/mol. The summed E-state index contributed by atoms with van der Waals surface area (Å²) in [5, 5.41) is 3.61. The summed E-state index contributed by atoms with van der Waals surface area (Å²) in [4.78, 5) is 5.60. The third-order valence-corrected chi connectivity index (χ3v) is 5.09. The third kappa shape index (κ3) is 3.40. The number of rotatable bonds is 5. The topological polar surface area (TPSA) is 34.1 Å². The Labute approximate surface area is 132 Å². The first-order valence-electron chi connectivity index (χ1n) is 6.52. The van der Waals surface area contributed by atoms with Crippen molar-refractivity contribution in [2.24, 2.45) is 0 Å². The molecule has 0 aliphatic rings. The van der Waals surface area contributed by atoms with Crippen molar-refractivity contribution in [2.75, 3.05) is 7.11 Å². The van der Waals surface area contributed by atoms with E-state index in [1.165, 1.54) is 10.4 Å². The number of aryl methyl sites for hydroxylation is 1. The van der Waals surface area contributed by atoms with Crippen molar-refractivity contribution in [2.45, 2.75) is 32.9 Å². The number of methoxy groups -OCH3 is 1. The molecule has 20 heavy (non-hydrogen) atoms. The van der Waals surface area contributed by atoms with E-state index >= 15 is 0 Å². The molecule has 1 aromatic carbocycles. The van der Waals surface area contributed by atoms with Crippen molar-refractivity contribution in [3.8, 4) is 5.75 Å². The normalized spacial score (nSPS) is 14.1. The maximum Gasteiger partial charge on any atom is 0.133 e. The summed E-state index contributed by atoms with van der Waals surface area (Å²) in [6.07, 6.45) is 0. The average Bonchev–Trinajstić information content (AvgIpc) is 2.84. The molecule has 0 saturated heterocycles. The number of aromatic nitrogens is 1. The molecule has 1 aromatic heterocycles. The summed E-state index contributed by atoms with van der Waals surface area (Å²) < 4.78 is 6.24. The third-order valence-electron chi connectivity index (χ3n) is 3.35. The Morgan fingerprint density at radius 3 is 2.60 bits per heavy atom. The Hall–Kier alpha value is -0.910. The molecule has 2 aromatic rings. The summed E-state index contributed by atoms with van der Waals surface area (Å²) in [6, 6.07) is 6.73. The summed E-state index contributed by atoms with van der Waals surface area (Å²) in [6.45, 7) is 6.40. The van der Waals surface area contributed by atoms with E-state index in [9.17, 15) is 0 Å². The molecule has 5 heteroatoms. The zero-order chi connectivity index (χ0) is 14.7. The zero-order valence-corrected chi connectivity index (χ0v) is 14.5. The molecule has 0 aliphatic heterocycles. The Morgan fingerprint density at radius 1 is 1.30 bits per heavy atom. The van der Waals surface area contributed by atoms with E-state index in [-0.39, 0.29) is 6.04 Å². The number of hydrogen-bond acceptors (Lipinski definition) is 4. The zero-order valence-electron chi connectivity index (χ0n) is 12.1. The van der Waals surface area contributed by atoms with Crippen LogP contribution in [0.15, 0.2) is 28.2 Å². The molecule has 0 spiro atoms. The fourth-order valence-corrected chi connectivity index (χ4v) is 3.60. The van der Waals surface area contributed by atoms with Crippen LogP contribution < -0.4 is 10.1 Å². The smallest absolute Gasteiger partial charge is 0.133 e. The molecule has 0 saturated carbocycles. The molecular formula is C15H19BrN2OS. The second-order valence-corrected chi connectivity index (χ2v) is 6.55. The number of halogens is 1. The van der Waals surface area contributed by atoms with Crippen LogP contribution in [0, 0.1) is 6.92 Å². The largest absolute Gasteiger partial charge is 0.496 e. The van der Waals surface area contributed by atoms with E-state index in [0.717, 1.165) is 15.9 Å². The van der Waals surface area contributed by atoms with E-state index in [1.54, 1.807) is 18.4 Å². The van der Waals surface area contributed by atoms with Gasteiger partial charge in [-0.2, -0.15) is 0 Å². The Bertz CT molecular complexity index is 585. The van der Waals surface area contributed by atoms with Crippen LogP contribution >= 0.6 is 27.3 Å². The van der Waals surface area contributed by atoms with Crippen LogP contribution in [0.4, 0.5) is 0 Å². The van der Waals surface area contributed by atoms with E-state index < -0.39 is 0 Å². The maximum atomic E-state index is 5.26. The lowest BCUT2D eigenvalue weighted by Gasteiger charge is -2.20. The van der Waals surface area contributed by atoms with Gasteiger partial charge in [0.05, 0.1) is 22.8 Å². The van der Waals surface area contributed by atoms with Crippen molar-refractivity contribution in [3.05, 3.63) is 44.3 Å². The molecule has 2 atom stereocenters. The van der Waals surface area contributed by atoms with E-state index in [2.05, 4.69) is 59.1 Å². The molecule has 1 heterocycles. The van der Waals surface area contributed by atoms with Gasteiger partial charge >= 0.3 is 0 Å². The van der Waals surface area contributed by atoms with Gasteiger partial charge in [0, 0.05) is 17.0 Å². The summed E-state index contributed by atoms with van der Waals surface area (Å²) in [7, 11) is 1.68. The predicted octanol–water partition coefficient (Wildman–Crippen LogP) is 4.63. The monoisotopic (exact) mass is 354 g/mol. The average molecular weight is 355 g/mol. The molecule has 3 nitrogen and oxygen atoms in total. The van der Waals surface area contributed by atoms with Gasteiger partial charge in [-0.15, -0.1) is 11.3 Å². The molecule has 0 amide bonds. The fraction of sp³-hybridized carbons (Fsp3) is 0.400. The molecule has 108 valence electrons. The van der Waals surface area contributed by atoms with Crippen molar-refractivity contribution in [1.29, 1.82) is 0 Å². The van der Waals surface area contributed by atoms with E-state index in [1.807, 2.05) is 11.6 Å². The first-order chi connectivity index (χ1) is 9.52. The van der Waals surface area contributed by atoms with Gasteiger partial charge in [-0.05, 0) is 54.4 Å². The van der Waals surface area contributed by atoms with Gasteiger partial charge < -0.3 is 10.1 Å². The highest BCUT2D eigenvalue weighted by atomic mass is 79.9. The molecule has 0 aliphatic carbocycles. The van der Waals surface area contributed by atoms with Crippen LogP contribution in [0.2, 0.25) is 0 Å². The molecule has 2 rings (SSSR count). The first kappa shape index (κ1) is 15.5. The number of benzene rings is 1. The van der Waals surface area contributed by atoms with Crippen LogP contribution in [0.5, 0.6) is 5.75 Å². The lowest BCUT2D eigenvalue weighted by Crippen LogP contribution is -2.22. The standard InChI is InChI=1S/C15H19BrN2OS/c1-9(12-5-6-14(19-4)13(16)7-12)18-11(3)15-10(2)17-8-20-15/h5-9,11,18H,1-4H3. The van der Waals surface area contributed by atoms with Gasteiger partial charge in [0.1, 0.15) is 5.75 Å². The van der Waals surface area contributed by atoms with Crippen LogP contribution in [0.25, 0.3) is 0 Å². The van der Waals surface area contributed by atoms with Gasteiger partial charge in [0.15, 0.2) is 0 Å². The molecule has 0 fully saturated rings. The number of hydrogen-bond donors (Lipinski definition) is 1. The summed E-state index contributed by atoms with van der Waals surface area (Å²) >= 11 is 5.23. The summed E-state index contributed by atoms with van der Waals surface area (Å²) in [5.74, 6) is 0.854. The molecule has 2 unspecified atom stereocenters. The van der Waals surface area contributed by atoms with Gasteiger partial charge in [0.2, 0.25) is 0 Å². The van der Waals surface area contributed by atoms with Gasteiger partial charge in [0.25, 0.3) is 0 Å². The SMILES string of the molecule is COc1ccc(C(C)NC(C)c2scnc2C)cc1Br. The minimum atomic E-state index is 0.258. The molecule has 0 bridgehead atoms. The highest BCUT2D eigenvalue weighted by molar-refractivity contribution is 9.10. The van der Waals surface area contributed by atoms with Crippen LogP contribution in [-0.2, 0) is 0 Å². The second kappa shape index (κ2) is 6.70. The minimum Gasteiger partial charge on any atom is -0.496 e. The number of thiazole rings is 1. The second-order valence-electron chi connectivity index (χ2n) is 4.81. The minimum absolute atomic E-state index is 0.258. The lowest BCUT2D eigenvalue weighted by atomic mass is 10.1. The maximum absolute atomic E-state index is 5.26. The van der Waals surface area contributed by atoms with Crippen LogP contribution in [-0.4, -0.2) is 12.1 Å². The van der Waals surface area contributed by atoms with Crippen molar-refractivity contribution in [1.82, 2.24) is 10.3 Å². The highest BCUT2D eigenvalue weighted by Gasteiger charge is 2.15.